The van der Waals surface area contributed by atoms with E-state index < -0.39 is 0 Å². The van der Waals surface area contributed by atoms with Crippen molar-refractivity contribution in [2.75, 3.05) is 6.61 Å². The maximum atomic E-state index is 4.87. The molecule has 1 fully saturated rings. The lowest BCUT2D eigenvalue weighted by molar-refractivity contribution is -0.546. The van der Waals surface area contributed by atoms with Crippen molar-refractivity contribution in [3.8, 4) is 0 Å². The van der Waals surface area contributed by atoms with Gasteiger partial charge in [-0.3, -0.25) is 0 Å². The molecule has 0 atom stereocenters. The minimum absolute atomic E-state index is 0.109. The van der Waals surface area contributed by atoms with E-state index in [1.54, 1.807) is 0 Å². The molecule has 0 aromatic rings. The Balaban J connectivity index is 2.33. The molecule has 0 saturated carbocycles. The lowest BCUT2D eigenvalue weighted by Gasteiger charge is -2.26. The summed E-state index contributed by atoms with van der Waals surface area (Å²) >= 11 is 0. The van der Waals surface area contributed by atoms with Gasteiger partial charge in [-0.1, -0.05) is 5.04 Å². The SMILES string of the molecule is [SiH3]C1([SiH3])CCOOO1. The third kappa shape index (κ3) is 1.68. The van der Waals surface area contributed by atoms with Crippen molar-refractivity contribution in [3.05, 3.63) is 0 Å². The molecule has 48 valence electrons. The van der Waals surface area contributed by atoms with Crippen molar-refractivity contribution in [2.24, 2.45) is 0 Å². The van der Waals surface area contributed by atoms with Crippen molar-refractivity contribution in [1.29, 1.82) is 0 Å². The Kier molecular flexibility index (Phi) is 1.83. The van der Waals surface area contributed by atoms with E-state index in [4.69, 9.17) is 4.89 Å². The topological polar surface area (TPSA) is 27.7 Å². The Hall–Kier alpha value is 0.314. The third-order valence-corrected chi connectivity index (χ3v) is 2.43. The normalized spacial score (nSPS) is 40.5. The fourth-order valence-electron chi connectivity index (χ4n) is 0.479. The largest absolute Gasteiger partial charge is 0.209 e. The summed E-state index contributed by atoms with van der Waals surface area (Å²) in [6.45, 7) is 0.688. The van der Waals surface area contributed by atoms with Crippen LogP contribution in [-0.2, 0) is 14.8 Å². The van der Waals surface area contributed by atoms with Crippen LogP contribution in [-0.4, -0.2) is 31.9 Å². The van der Waals surface area contributed by atoms with Crippen LogP contribution < -0.4 is 0 Å². The third-order valence-electron chi connectivity index (χ3n) is 1.10. The first-order chi connectivity index (χ1) is 3.71. The first-order valence-electron chi connectivity index (χ1n) is 2.68. The fourth-order valence-corrected chi connectivity index (χ4v) is 1.02. The summed E-state index contributed by atoms with van der Waals surface area (Å²) in [5.41, 5.74) is 0. The summed E-state index contributed by atoms with van der Waals surface area (Å²) < 4.78 is 0. The van der Waals surface area contributed by atoms with E-state index in [0.717, 1.165) is 26.9 Å². The molecule has 0 bridgehead atoms. The average Bonchev–Trinajstić information content (AvgIpc) is 1.65. The second-order valence-corrected chi connectivity index (χ2v) is 8.71. The predicted octanol–water partition coefficient (Wildman–Crippen LogP) is -2.35. The second kappa shape index (κ2) is 2.28. The number of hydrogen-bond acceptors (Lipinski definition) is 3. The molecule has 1 rings (SSSR count). The Labute approximate surface area is 54.0 Å². The number of rotatable bonds is 0. The molecule has 0 spiro atoms. The van der Waals surface area contributed by atoms with E-state index in [1.807, 2.05) is 0 Å². The summed E-state index contributed by atoms with van der Waals surface area (Å²) in [5, 5.41) is 4.35. The quantitative estimate of drug-likeness (QED) is 0.286. The van der Waals surface area contributed by atoms with E-state index in [2.05, 4.69) is 9.93 Å². The van der Waals surface area contributed by atoms with E-state index >= 15 is 0 Å². The molecule has 5 heteroatoms. The molecule has 0 aromatic carbocycles. The molecule has 0 aliphatic carbocycles. The van der Waals surface area contributed by atoms with Crippen LogP contribution in [0.2, 0.25) is 0 Å². The first kappa shape index (κ1) is 6.43. The smallest absolute Gasteiger partial charge is 0.0875 e. The van der Waals surface area contributed by atoms with Gasteiger partial charge in [0.1, 0.15) is 0 Å². The van der Waals surface area contributed by atoms with Crippen LogP contribution >= 0.6 is 0 Å². The monoisotopic (exact) mass is 150 g/mol. The minimum Gasteiger partial charge on any atom is -0.209 e. The lowest BCUT2D eigenvalue weighted by Crippen LogP contribution is -2.38. The Morgan fingerprint density at radius 3 is 2.38 bits per heavy atom. The van der Waals surface area contributed by atoms with E-state index in [1.165, 1.54) is 0 Å². The van der Waals surface area contributed by atoms with Crippen LogP contribution in [0.5, 0.6) is 0 Å². The van der Waals surface area contributed by atoms with Gasteiger partial charge in [0.2, 0.25) is 0 Å². The summed E-state index contributed by atoms with van der Waals surface area (Å²) in [7, 11) is 2.09. The molecule has 8 heavy (non-hydrogen) atoms. The zero-order valence-electron chi connectivity index (χ0n) is 5.14. The minimum atomic E-state index is 0.109. The molecule has 0 radical (unpaired) electrons. The van der Waals surface area contributed by atoms with Crippen LogP contribution in [0.3, 0.4) is 0 Å². The summed E-state index contributed by atoms with van der Waals surface area (Å²) in [5.74, 6) is 0. The fraction of sp³-hybridized carbons (Fsp3) is 1.00. The van der Waals surface area contributed by atoms with Crippen molar-refractivity contribution >= 4 is 20.5 Å². The molecule has 0 amide bonds. The molecule has 0 N–H and O–H groups in total. The highest BCUT2D eigenvalue weighted by atomic mass is 28.2. The van der Waals surface area contributed by atoms with Crippen molar-refractivity contribution in [2.45, 2.75) is 11.3 Å². The second-order valence-electron chi connectivity index (χ2n) is 2.48. The van der Waals surface area contributed by atoms with Gasteiger partial charge in [0.15, 0.2) is 0 Å². The molecular formula is C3H10O3Si2. The summed E-state index contributed by atoms with van der Waals surface area (Å²) in [4.78, 5) is 9.50. The van der Waals surface area contributed by atoms with E-state index in [9.17, 15) is 0 Å². The van der Waals surface area contributed by atoms with Crippen LogP contribution in [0.4, 0.5) is 0 Å². The van der Waals surface area contributed by atoms with Gasteiger partial charge in [-0.05, 0) is 6.42 Å². The molecular weight excluding hydrogens is 140 g/mol. The standard InChI is InChI=1S/C3H10O3Si2/c7-3(8)1-2-4-6-5-3/h1-2H2,7-8H3. The molecule has 0 aromatic heterocycles. The average molecular weight is 150 g/mol. The molecule has 1 saturated heterocycles. The summed E-state index contributed by atoms with van der Waals surface area (Å²) in [6, 6.07) is 0. The molecule has 1 aliphatic heterocycles. The van der Waals surface area contributed by atoms with Gasteiger partial charge in [0, 0.05) is 20.5 Å². The summed E-state index contributed by atoms with van der Waals surface area (Å²) in [6.07, 6.45) is 1.01. The highest BCUT2D eigenvalue weighted by Gasteiger charge is 2.23. The van der Waals surface area contributed by atoms with E-state index in [-0.39, 0.29) is 4.85 Å². The van der Waals surface area contributed by atoms with Gasteiger partial charge in [0.25, 0.3) is 0 Å². The number of hydrogen-bond donors (Lipinski definition) is 0. The molecule has 3 nitrogen and oxygen atoms in total. The predicted molar refractivity (Wildman–Crippen MR) is 35.3 cm³/mol. The highest BCUT2D eigenvalue weighted by molar-refractivity contribution is 6.39. The Morgan fingerprint density at radius 1 is 1.38 bits per heavy atom. The van der Waals surface area contributed by atoms with Crippen LogP contribution in [0.15, 0.2) is 0 Å². The molecule has 1 aliphatic rings. The maximum Gasteiger partial charge on any atom is 0.0875 e. The zero-order chi connectivity index (χ0) is 6.04. The van der Waals surface area contributed by atoms with Crippen molar-refractivity contribution < 1.29 is 14.8 Å². The Bertz CT molecular complexity index is 76.6. The van der Waals surface area contributed by atoms with Gasteiger partial charge in [-0.15, -0.1) is 0 Å². The van der Waals surface area contributed by atoms with Crippen LogP contribution in [0.1, 0.15) is 6.42 Å². The van der Waals surface area contributed by atoms with Crippen LogP contribution in [0.25, 0.3) is 0 Å². The van der Waals surface area contributed by atoms with Gasteiger partial charge >= 0.3 is 0 Å². The molecule has 0 unspecified atom stereocenters. The maximum absolute atomic E-state index is 4.87. The van der Waals surface area contributed by atoms with Gasteiger partial charge in [0.05, 0.1) is 11.5 Å². The van der Waals surface area contributed by atoms with Gasteiger partial charge < -0.3 is 0 Å². The Morgan fingerprint density at radius 2 is 2.12 bits per heavy atom. The van der Waals surface area contributed by atoms with Crippen molar-refractivity contribution in [1.82, 2.24) is 0 Å². The first-order valence-corrected chi connectivity index (χ1v) is 4.68. The van der Waals surface area contributed by atoms with Gasteiger partial charge in [-0.25, -0.2) is 9.78 Å². The van der Waals surface area contributed by atoms with Crippen molar-refractivity contribution in [3.63, 3.8) is 0 Å². The van der Waals surface area contributed by atoms with Crippen LogP contribution in [0, 0.1) is 0 Å². The lowest BCUT2D eigenvalue weighted by atomic mass is 10.5. The van der Waals surface area contributed by atoms with E-state index in [0.29, 0.717) is 6.61 Å². The van der Waals surface area contributed by atoms with Gasteiger partial charge in [-0.2, -0.15) is 0 Å². The zero-order valence-corrected chi connectivity index (χ0v) is 9.14. The molecule has 1 heterocycles. The highest BCUT2D eigenvalue weighted by Crippen LogP contribution is 2.12.